The van der Waals surface area contributed by atoms with Crippen LogP contribution in [0.5, 0.6) is 0 Å². The summed E-state index contributed by atoms with van der Waals surface area (Å²) in [5.74, 6) is 1.06. The van der Waals surface area contributed by atoms with E-state index in [1.807, 2.05) is 26.0 Å². The van der Waals surface area contributed by atoms with E-state index in [0.29, 0.717) is 12.4 Å². The Balaban J connectivity index is 1.74. The summed E-state index contributed by atoms with van der Waals surface area (Å²) in [6.07, 6.45) is 6.24. The lowest BCUT2D eigenvalue weighted by atomic mass is 9.81. The van der Waals surface area contributed by atoms with Crippen LogP contribution in [0.4, 0.5) is 5.82 Å². The van der Waals surface area contributed by atoms with E-state index < -0.39 is 11.4 Å². The van der Waals surface area contributed by atoms with Crippen LogP contribution in [-0.4, -0.2) is 39.1 Å². The third-order valence-electron chi connectivity index (χ3n) is 5.88. The van der Waals surface area contributed by atoms with Crippen molar-refractivity contribution < 1.29 is 9.90 Å². The minimum Gasteiger partial charge on any atom is -0.481 e. The number of hydrogen-bond acceptors (Lipinski definition) is 5. The van der Waals surface area contributed by atoms with E-state index in [0.717, 1.165) is 48.4 Å². The molecule has 0 radical (unpaired) electrons. The molecule has 1 saturated heterocycles. The van der Waals surface area contributed by atoms with Crippen LogP contribution < -0.4 is 4.90 Å². The molecule has 1 aliphatic carbocycles. The molecular formula is C19H22N4O2. The van der Waals surface area contributed by atoms with Crippen LogP contribution in [0.3, 0.4) is 0 Å². The Kier molecular flexibility index (Phi) is 3.71. The van der Waals surface area contributed by atoms with Crippen LogP contribution >= 0.6 is 0 Å². The quantitative estimate of drug-likeness (QED) is 0.927. The second-order valence-electron chi connectivity index (χ2n) is 7.25. The zero-order valence-electron chi connectivity index (χ0n) is 14.6. The van der Waals surface area contributed by atoms with Gasteiger partial charge in [0.2, 0.25) is 0 Å². The molecule has 130 valence electrons. The van der Waals surface area contributed by atoms with Crippen molar-refractivity contribution in [1.82, 2.24) is 15.0 Å². The van der Waals surface area contributed by atoms with E-state index >= 15 is 0 Å². The molecule has 0 spiro atoms. The van der Waals surface area contributed by atoms with Crippen molar-refractivity contribution in [2.24, 2.45) is 11.3 Å². The molecule has 2 aromatic rings. The molecule has 1 N–H and O–H groups in total. The normalized spacial score (nSPS) is 25.2. The smallest absolute Gasteiger partial charge is 0.311 e. The maximum atomic E-state index is 12.0. The molecule has 0 aromatic carbocycles. The van der Waals surface area contributed by atoms with Crippen LogP contribution in [-0.2, 0) is 4.79 Å². The number of anilines is 1. The van der Waals surface area contributed by atoms with E-state index in [1.165, 1.54) is 0 Å². The molecule has 6 nitrogen and oxygen atoms in total. The van der Waals surface area contributed by atoms with Crippen molar-refractivity contribution in [3.05, 3.63) is 35.8 Å². The van der Waals surface area contributed by atoms with Gasteiger partial charge >= 0.3 is 5.97 Å². The van der Waals surface area contributed by atoms with Crippen LogP contribution in [0, 0.1) is 25.2 Å². The summed E-state index contributed by atoms with van der Waals surface area (Å²) in [7, 11) is 0. The number of carbonyl (C=O) groups is 1. The van der Waals surface area contributed by atoms with E-state index in [2.05, 4.69) is 14.9 Å². The second kappa shape index (κ2) is 5.79. The number of hydrogen-bond donors (Lipinski definition) is 1. The number of aliphatic carboxylic acids is 1. The van der Waals surface area contributed by atoms with Crippen molar-refractivity contribution >= 4 is 11.8 Å². The third-order valence-corrected chi connectivity index (χ3v) is 5.88. The molecule has 1 saturated carbocycles. The lowest BCUT2D eigenvalue weighted by Crippen LogP contribution is -2.36. The van der Waals surface area contributed by atoms with E-state index in [-0.39, 0.29) is 5.92 Å². The van der Waals surface area contributed by atoms with Crippen LogP contribution in [0.1, 0.15) is 30.5 Å². The number of carboxylic acids is 1. The maximum absolute atomic E-state index is 12.0. The van der Waals surface area contributed by atoms with Gasteiger partial charge in [0.25, 0.3) is 0 Å². The molecule has 25 heavy (non-hydrogen) atoms. The summed E-state index contributed by atoms with van der Waals surface area (Å²) in [5, 5.41) is 9.83. The Morgan fingerprint density at radius 1 is 1.36 bits per heavy atom. The van der Waals surface area contributed by atoms with E-state index in [9.17, 15) is 9.90 Å². The molecule has 1 aliphatic heterocycles. The molecule has 6 heteroatoms. The topological polar surface area (TPSA) is 79.2 Å². The molecule has 0 unspecified atom stereocenters. The summed E-state index contributed by atoms with van der Waals surface area (Å²) < 4.78 is 0. The monoisotopic (exact) mass is 338 g/mol. The Labute approximate surface area is 147 Å². The van der Waals surface area contributed by atoms with Gasteiger partial charge in [-0.1, -0.05) is 6.42 Å². The first kappa shape index (κ1) is 16.0. The molecule has 2 fully saturated rings. The minimum atomic E-state index is -0.659. The Morgan fingerprint density at radius 3 is 2.88 bits per heavy atom. The molecular weight excluding hydrogens is 316 g/mol. The molecule has 0 bridgehead atoms. The lowest BCUT2D eigenvalue weighted by Gasteiger charge is -2.25. The van der Waals surface area contributed by atoms with Crippen molar-refractivity contribution in [3.8, 4) is 11.4 Å². The fraction of sp³-hybridized carbons (Fsp3) is 0.474. The van der Waals surface area contributed by atoms with Gasteiger partial charge in [0.15, 0.2) is 5.82 Å². The summed E-state index contributed by atoms with van der Waals surface area (Å²) in [4.78, 5) is 27.6. The number of nitrogens with zero attached hydrogens (tertiary/aromatic N) is 4. The van der Waals surface area contributed by atoms with Gasteiger partial charge in [0, 0.05) is 42.3 Å². The molecule has 2 aromatic heterocycles. The first-order valence-electron chi connectivity index (χ1n) is 8.75. The van der Waals surface area contributed by atoms with E-state index in [1.54, 1.807) is 12.4 Å². The van der Waals surface area contributed by atoms with Gasteiger partial charge in [-0.2, -0.15) is 0 Å². The zero-order chi connectivity index (χ0) is 17.6. The predicted octanol–water partition coefficient (Wildman–Crippen LogP) is 2.85. The predicted molar refractivity (Wildman–Crippen MR) is 94.4 cm³/mol. The number of aryl methyl sites for hydroxylation is 1. The number of fused-ring (bicyclic) bond motifs is 1. The Bertz CT molecular complexity index is 824. The highest BCUT2D eigenvalue weighted by molar-refractivity contribution is 5.78. The van der Waals surface area contributed by atoms with Crippen molar-refractivity contribution in [2.45, 2.75) is 33.1 Å². The van der Waals surface area contributed by atoms with E-state index in [4.69, 9.17) is 4.98 Å². The largest absolute Gasteiger partial charge is 0.481 e. The van der Waals surface area contributed by atoms with Crippen molar-refractivity contribution in [3.63, 3.8) is 0 Å². The summed E-state index contributed by atoms with van der Waals surface area (Å²) in [5.41, 5.74) is 2.21. The van der Waals surface area contributed by atoms with Gasteiger partial charge in [0.1, 0.15) is 5.82 Å². The number of carboxylic acid groups (broad SMARTS) is 1. The summed E-state index contributed by atoms with van der Waals surface area (Å²) >= 11 is 0. The molecule has 4 rings (SSSR count). The minimum absolute atomic E-state index is 0.210. The number of pyridine rings is 1. The lowest BCUT2D eigenvalue weighted by molar-refractivity contribution is -0.149. The van der Waals surface area contributed by atoms with Gasteiger partial charge in [-0.05, 0) is 44.7 Å². The Morgan fingerprint density at radius 2 is 2.20 bits per heavy atom. The van der Waals surface area contributed by atoms with Crippen LogP contribution in [0.25, 0.3) is 11.4 Å². The third kappa shape index (κ3) is 2.47. The average molecular weight is 338 g/mol. The van der Waals surface area contributed by atoms with Gasteiger partial charge in [-0.15, -0.1) is 0 Å². The molecule has 3 heterocycles. The zero-order valence-corrected chi connectivity index (χ0v) is 14.6. The molecule has 0 amide bonds. The maximum Gasteiger partial charge on any atom is 0.311 e. The van der Waals surface area contributed by atoms with Crippen molar-refractivity contribution in [2.75, 3.05) is 18.0 Å². The first-order valence-corrected chi connectivity index (χ1v) is 8.75. The van der Waals surface area contributed by atoms with Crippen LogP contribution in [0.15, 0.2) is 24.5 Å². The average Bonchev–Trinajstić information content (AvgIpc) is 3.16. The fourth-order valence-electron chi connectivity index (χ4n) is 4.35. The van der Waals surface area contributed by atoms with Crippen LogP contribution in [0.2, 0.25) is 0 Å². The van der Waals surface area contributed by atoms with Gasteiger partial charge in [-0.3, -0.25) is 9.78 Å². The molecule has 2 atom stereocenters. The highest BCUT2D eigenvalue weighted by Crippen LogP contribution is 2.50. The van der Waals surface area contributed by atoms with Gasteiger partial charge in [0.05, 0.1) is 5.41 Å². The highest BCUT2D eigenvalue weighted by Gasteiger charge is 2.55. The van der Waals surface area contributed by atoms with Crippen molar-refractivity contribution in [1.29, 1.82) is 0 Å². The highest BCUT2D eigenvalue weighted by atomic mass is 16.4. The summed E-state index contributed by atoms with van der Waals surface area (Å²) in [6, 6.07) is 3.81. The SMILES string of the molecule is Cc1nc(-c2cccnc2)nc(N2C[C@@H]3CCC[C@@]3(C(=O)O)C2)c1C. The van der Waals surface area contributed by atoms with Gasteiger partial charge in [-0.25, -0.2) is 9.97 Å². The number of aromatic nitrogens is 3. The number of rotatable bonds is 3. The standard InChI is InChI=1S/C19H22N4O2/c1-12-13(2)21-16(14-5-4-8-20-9-14)22-17(12)23-10-15-6-3-7-19(15,11-23)18(24)25/h4-5,8-9,15H,3,6-7,10-11H2,1-2H3,(H,24,25)/t15-,19+/m0/s1. The fourth-order valence-corrected chi connectivity index (χ4v) is 4.35. The molecule has 2 aliphatic rings. The first-order chi connectivity index (χ1) is 12.0. The van der Waals surface area contributed by atoms with Gasteiger partial charge < -0.3 is 10.0 Å². The Hall–Kier alpha value is -2.50. The second-order valence-corrected chi connectivity index (χ2v) is 7.25. The summed E-state index contributed by atoms with van der Waals surface area (Å²) in [6.45, 7) is 5.29.